The maximum Gasteiger partial charge on any atom is 0.213 e. The van der Waals surface area contributed by atoms with Gasteiger partial charge in [0.2, 0.25) is 10.0 Å². The van der Waals surface area contributed by atoms with Crippen LogP contribution in [0.25, 0.3) is 0 Å². The molecule has 0 aromatic heterocycles. The van der Waals surface area contributed by atoms with Crippen molar-refractivity contribution in [1.82, 2.24) is 14.9 Å². The lowest BCUT2D eigenvalue weighted by atomic mass is 10.1. The number of hydrogen-bond donors (Lipinski definition) is 2. The second-order valence-electron chi connectivity index (χ2n) is 7.51. The number of aliphatic imine (C=N–C) groups is 1. The van der Waals surface area contributed by atoms with E-state index in [-0.39, 0.29) is 16.5 Å². The molecule has 0 bridgehead atoms. The topological polar surface area (TPSA) is 73.8 Å². The number of guanidine groups is 1. The van der Waals surface area contributed by atoms with E-state index in [9.17, 15) is 8.42 Å². The molecule has 1 aromatic rings. The normalized spacial score (nSPS) is 20.7. The molecular formula is C20H32N4O2S2. The van der Waals surface area contributed by atoms with Crippen molar-refractivity contribution >= 4 is 27.7 Å². The number of nitrogens with zero attached hydrogens (tertiary/aromatic N) is 2. The lowest BCUT2D eigenvalue weighted by Gasteiger charge is -2.32. The van der Waals surface area contributed by atoms with Crippen LogP contribution < -0.4 is 10.6 Å². The number of rotatable bonds is 8. The van der Waals surface area contributed by atoms with Crippen LogP contribution >= 0.6 is 11.8 Å². The molecular weight excluding hydrogens is 392 g/mol. The molecule has 1 aliphatic carbocycles. The molecule has 2 N–H and O–H groups in total. The molecule has 156 valence electrons. The highest BCUT2D eigenvalue weighted by atomic mass is 32.2. The van der Waals surface area contributed by atoms with Gasteiger partial charge in [0.25, 0.3) is 0 Å². The van der Waals surface area contributed by atoms with Gasteiger partial charge in [0.1, 0.15) is 0 Å². The van der Waals surface area contributed by atoms with Crippen molar-refractivity contribution in [3.05, 3.63) is 30.3 Å². The minimum atomic E-state index is -3.08. The Hall–Kier alpha value is -1.25. The van der Waals surface area contributed by atoms with Gasteiger partial charge in [-0.1, -0.05) is 18.2 Å². The van der Waals surface area contributed by atoms with Crippen LogP contribution in [0.15, 0.2) is 40.2 Å². The number of piperidine rings is 1. The van der Waals surface area contributed by atoms with Crippen LogP contribution in [0.1, 0.15) is 39.5 Å². The summed E-state index contributed by atoms with van der Waals surface area (Å²) in [5.41, 5.74) is 0. The third-order valence-corrected chi connectivity index (χ3v) is 8.67. The van der Waals surface area contributed by atoms with Gasteiger partial charge in [-0.3, -0.25) is 4.99 Å². The highest BCUT2D eigenvalue weighted by molar-refractivity contribution is 8.01. The summed E-state index contributed by atoms with van der Waals surface area (Å²) >= 11 is 1.93. The van der Waals surface area contributed by atoms with Gasteiger partial charge < -0.3 is 10.6 Å². The van der Waals surface area contributed by atoms with Crippen LogP contribution in [-0.4, -0.2) is 61.4 Å². The summed E-state index contributed by atoms with van der Waals surface area (Å²) in [5.74, 6) is 1.02. The summed E-state index contributed by atoms with van der Waals surface area (Å²) in [6.07, 6.45) is 4.02. The van der Waals surface area contributed by atoms with Crippen molar-refractivity contribution in [2.24, 2.45) is 4.99 Å². The SMILES string of the molecule is CCNC(=NCC1(Sc2ccccc2)CC1)NC1CCN(S(=O)(=O)CC)CC1. The largest absolute Gasteiger partial charge is 0.357 e. The van der Waals surface area contributed by atoms with Gasteiger partial charge in [0.05, 0.1) is 12.3 Å². The summed E-state index contributed by atoms with van der Waals surface area (Å²) in [6.45, 7) is 6.55. The van der Waals surface area contributed by atoms with E-state index in [1.165, 1.54) is 17.7 Å². The van der Waals surface area contributed by atoms with Crippen LogP contribution in [0.3, 0.4) is 0 Å². The first-order valence-corrected chi connectivity index (χ1v) is 12.7. The first-order valence-electron chi connectivity index (χ1n) is 10.2. The van der Waals surface area contributed by atoms with Crippen molar-refractivity contribution in [2.45, 2.75) is 55.2 Å². The van der Waals surface area contributed by atoms with E-state index < -0.39 is 10.0 Å². The van der Waals surface area contributed by atoms with Gasteiger partial charge in [-0.2, -0.15) is 0 Å². The molecule has 1 aliphatic heterocycles. The molecule has 1 saturated heterocycles. The van der Waals surface area contributed by atoms with E-state index in [0.717, 1.165) is 31.9 Å². The van der Waals surface area contributed by atoms with Crippen molar-refractivity contribution in [2.75, 3.05) is 31.9 Å². The molecule has 1 saturated carbocycles. The zero-order chi connectivity index (χ0) is 20.0. The van der Waals surface area contributed by atoms with Crippen molar-refractivity contribution in [3.63, 3.8) is 0 Å². The Bertz CT molecular complexity index is 756. The highest BCUT2D eigenvalue weighted by Crippen LogP contribution is 2.51. The van der Waals surface area contributed by atoms with E-state index in [1.807, 2.05) is 17.8 Å². The number of hydrogen-bond acceptors (Lipinski definition) is 4. The van der Waals surface area contributed by atoms with Gasteiger partial charge in [-0.25, -0.2) is 12.7 Å². The zero-order valence-corrected chi connectivity index (χ0v) is 18.5. The Morgan fingerprint density at radius 1 is 1.21 bits per heavy atom. The van der Waals surface area contributed by atoms with Gasteiger partial charge >= 0.3 is 0 Å². The highest BCUT2D eigenvalue weighted by Gasteiger charge is 2.43. The summed E-state index contributed by atoms with van der Waals surface area (Å²) in [5, 5.41) is 6.86. The van der Waals surface area contributed by atoms with E-state index in [4.69, 9.17) is 4.99 Å². The smallest absolute Gasteiger partial charge is 0.213 e. The average Bonchev–Trinajstić information content (AvgIpc) is 3.47. The molecule has 8 heteroatoms. The molecule has 0 spiro atoms. The molecule has 6 nitrogen and oxygen atoms in total. The van der Waals surface area contributed by atoms with Crippen molar-refractivity contribution in [1.29, 1.82) is 0 Å². The third-order valence-electron chi connectivity index (χ3n) is 5.31. The molecule has 0 radical (unpaired) electrons. The Labute approximate surface area is 173 Å². The Morgan fingerprint density at radius 3 is 2.46 bits per heavy atom. The van der Waals surface area contributed by atoms with Crippen LogP contribution in [0.4, 0.5) is 0 Å². The minimum absolute atomic E-state index is 0.177. The van der Waals surface area contributed by atoms with Crippen LogP contribution in [0.2, 0.25) is 0 Å². The lowest BCUT2D eigenvalue weighted by molar-refractivity contribution is 0.306. The fraction of sp³-hybridized carbons (Fsp3) is 0.650. The van der Waals surface area contributed by atoms with Gasteiger partial charge in [-0.05, 0) is 51.7 Å². The molecule has 3 rings (SSSR count). The minimum Gasteiger partial charge on any atom is -0.357 e. The Balaban J connectivity index is 1.54. The molecule has 2 fully saturated rings. The van der Waals surface area contributed by atoms with Crippen LogP contribution in [-0.2, 0) is 10.0 Å². The number of thioether (sulfide) groups is 1. The first kappa shape index (κ1) is 21.5. The number of benzene rings is 1. The van der Waals surface area contributed by atoms with Crippen molar-refractivity contribution in [3.8, 4) is 0 Å². The Kier molecular flexibility index (Phi) is 7.28. The van der Waals surface area contributed by atoms with E-state index in [2.05, 4.69) is 41.8 Å². The second kappa shape index (κ2) is 9.50. The van der Waals surface area contributed by atoms with Gasteiger partial charge in [-0.15, -0.1) is 11.8 Å². The standard InChI is InChI=1S/C20H32N4O2S2/c1-3-21-19(23-17-10-14-24(15-11-17)28(25,26)4-2)22-16-20(12-13-20)27-18-8-6-5-7-9-18/h5-9,17H,3-4,10-16H2,1-2H3,(H2,21,22,23). The monoisotopic (exact) mass is 424 g/mol. The summed E-state index contributed by atoms with van der Waals surface area (Å²) < 4.78 is 25.9. The molecule has 0 atom stereocenters. The van der Waals surface area contributed by atoms with E-state index in [0.29, 0.717) is 13.1 Å². The fourth-order valence-electron chi connectivity index (χ4n) is 3.37. The van der Waals surface area contributed by atoms with Crippen LogP contribution in [0, 0.1) is 0 Å². The summed E-state index contributed by atoms with van der Waals surface area (Å²) in [6, 6.07) is 10.8. The first-order chi connectivity index (χ1) is 13.5. The lowest BCUT2D eigenvalue weighted by Crippen LogP contribution is -2.50. The maximum atomic E-state index is 12.0. The molecule has 0 unspecified atom stereocenters. The summed E-state index contributed by atoms with van der Waals surface area (Å²) in [4.78, 5) is 6.17. The molecule has 1 aromatic carbocycles. The summed E-state index contributed by atoms with van der Waals surface area (Å²) in [7, 11) is -3.08. The van der Waals surface area contributed by atoms with Crippen LogP contribution in [0.5, 0.6) is 0 Å². The Morgan fingerprint density at radius 2 is 1.89 bits per heavy atom. The van der Waals surface area contributed by atoms with Crippen molar-refractivity contribution < 1.29 is 8.42 Å². The predicted molar refractivity (Wildman–Crippen MR) is 117 cm³/mol. The predicted octanol–water partition coefficient (Wildman–Crippen LogP) is 2.68. The van der Waals surface area contributed by atoms with E-state index >= 15 is 0 Å². The zero-order valence-electron chi connectivity index (χ0n) is 16.9. The molecule has 28 heavy (non-hydrogen) atoms. The number of nitrogens with one attached hydrogen (secondary N) is 2. The van der Waals surface area contributed by atoms with Gasteiger partial charge in [0.15, 0.2) is 5.96 Å². The number of sulfonamides is 1. The van der Waals surface area contributed by atoms with E-state index in [1.54, 1.807) is 11.2 Å². The quantitative estimate of drug-likeness (QED) is 0.496. The third kappa shape index (κ3) is 5.87. The molecule has 1 heterocycles. The molecule has 0 amide bonds. The second-order valence-corrected chi connectivity index (χ2v) is 11.3. The maximum absolute atomic E-state index is 12.0. The average molecular weight is 425 g/mol. The van der Waals surface area contributed by atoms with Gasteiger partial charge in [0, 0.05) is 35.3 Å². The molecule has 2 aliphatic rings. The fourth-order valence-corrected chi connectivity index (χ4v) is 5.73.